The summed E-state index contributed by atoms with van der Waals surface area (Å²) in [5.41, 5.74) is 6.89. The Bertz CT molecular complexity index is 586. The fourth-order valence-corrected chi connectivity index (χ4v) is 2.53. The second kappa shape index (κ2) is 8.53. The summed E-state index contributed by atoms with van der Waals surface area (Å²) < 4.78 is 5.18. The zero-order valence-corrected chi connectivity index (χ0v) is 13.6. The molecule has 1 unspecified atom stereocenters. The standard InChI is InChI=1S/C16H22N4O4/c1-24-14(8-17)10-20(16(23)11-21)13-4-2-12(3-5-13)19-7-6-18-9-15(19)22/h2-5,11,14,18H,6-10,17H2,1H3. The van der Waals surface area contributed by atoms with Crippen molar-refractivity contribution in [3.63, 3.8) is 0 Å². The van der Waals surface area contributed by atoms with Gasteiger partial charge < -0.3 is 25.6 Å². The third-order valence-corrected chi connectivity index (χ3v) is 3.91. The normalized spacial score (nSPS) is 15.9. The quantitative estimate of drug-likeness (QED) is 0.496. The van der Waals surface area contributed by atoms with Crippen molar-refractivity contribution in [3.05, 3.63) is 24.3 Å². The van der Waals surface area contributed by atoms with Crippen molar-refractivity contribution in [2.45, 2.75) is 6.10 Å². The lowest BCUT2D eigenvalue weighted by Gasteiger charge is -2.28. The van der Waals surface area contributed by atoms with Gasteiger partial charge in [0.05, 0.1) is 19.2 Å². The van der Waals surface area contributed by atoms with Gasteiger partial charge in [-0.3, -0.25) is 14.4 Å². The average Bonchev–Trinajstić information content (AvgIpc) is 2.63. The van der Waals surface area contributed by atoms with Gasteiger partial charge in [-0.15, -0.1) is 0 Å². The number of hydrogen-bond acceptors (Lipinski definition) is 6. The fourth-order valence-electron chi connectivity index (χ4n) is 2.53. The number of aldehydes is 1. The van der Waals surface area contributed by atoms with Crippen LogP contribution in [0.25, 0.3) is 0 Å². The van der Waals surface area contributed by atoms with Crippen molar-refractivity contribution < 1.29 is 19.1 Å². The number of methoxy groups -OCH3 is 1. The molecule has 1 aromatic carbocycles. The van der Waals surface area contributed by atoms with Crippen molar-refractivity contribution in [2.75, 3.05) is 49.6 Å². The molecule has 1 atom stereocenters. The number of piperazine rings is 1. The van der Waals surface area contributed by atoms with E-state index in [1.54, 1.807) is 29.2 Å². The third kappa shape index (κ3) is 4.16. The number of rotatable bonds is 7. The number of nitrogens with one attached hydrogen (secondary N) is 1. The Balaban J connectivity index is 2.19. The maximum Gasteiger partial charge on any atom is 0.291 e. The van der Waals surface area contributed by atoms with Crippen molar-refractivity contribution >= 4 is 29.5 Å². The minimum Gasteiger partial charge on any atom is -0.378 e. The Morgan fingerprint density at radius 2 is 2.17 bits per heavy atom. The molecule has 0 saturated carbocycles. The first-order valence-corrected chi connectivity index (χ1v) is 7.71. The molecule has 0 aliphatic carbocycles. The maximum absolute atomic E-state index is 11.9. The van der Waals surface area contributed by atoms with Gasteiger partial charge in [-0.2, -0.15) is 0 Å². The monoisotopic (exact) mass is 334 g/mol. The first-order valence-electron chi connectivity index (χ1n) is 7.71. The Morgan fingerprint density at radius 3 is 2.71 bits per heavy atom. The number of benzene rings is 1. The molecular formula is C16H22N4O4. The van der Waals surface area contributed by atoms with E-state index in [1.807, 2.05) is 0 Å². The van der Waals surface area contributed by atoms with Gasteiger partial charge in [-0.05, 0) is 24.3 Å². The molecule has 8 heteroatoms. The van der Waals surface area contributed by atoms with E-state index in [1.165, 1.54) is 12.0 Å². The van der Waals surface area contributed by atoms with Crippen LogP contribution >= 0.6 is 0 Å². The highest BCUT2D eigenvalue weighted by molar-refractivity contribution is 6.30. The SMILES string of the molecule is COC(CN)CN(C(=O)C=O)c1ccc(N2CCNCC2=O)cc1. The van der Waals surface area contributed by atoms with Gasteiger partial charge in [0, 0.05) is 38.1 Å². The summed E-state index contributed by atoms with van der Waals surface area (Å²) in [6.07, 6.45) is -0.111. The summed E-state index contributed by atoms with van der Waals surface area (Å²) in [6.45, 7) is 2.04. The first-order chi connectivity index (χ1) is 11.6. The van der Waals surface area contributed by atoms with Gasteiger partial charge in [0.25, 0.3) is 5.91 Å². The predicted octanol–water partition coefficient (Wildman–Crippen LogP) is -0.872. The second-order valence-electron chi connectivity index (χ2n) is 5.40. The topological polar surface area (TPSA) is 105 Å². The zero-order chi connectivity index (χ0) is 17.5. The number of carbonyl (C=O) groups is 3. The molecule has 1 aliphatic rings. The van der Waals surface area contributed by atoms with E-state index in [0.29, 0.717) is 18.8 Å². The smallest absolute Gasteiger partial charge is 0.291 e. The van der Waals surface area contributed by atoms with Gasteiger partial charge in [0.15, 0.2) is 0 Å². The number of hydrogen-bond donors (Lipinski definition) is 2. The third-order valence-electron chi connectivity index (χ3n) is 3.91. The summed E-state index contributed by atoms with van der Waals surface area (Å²) in [5.74, 6) is -0.672. The zero-order valence-electron chi connectivity index (χ0n) is 13.6. The molecule has 24 heavy (non-hydrogen) atoms. The number of nitrogens with two attached hydrogens (primary N) is 1. The molecule has 1 aromatic rings. The molecule has 1 fully saturated rings. The summed E-state index contributed by atoms with van der Waals surface area (Å²) in [5, 5.41) is 3.01. The van der Waals surface area contributed by atoms with Gasteiger partial charge in [0.1, 0.15) is 0 Å². The van der Waals surface area contributed by atoms with Crippen LogP contribution in [0.2, 0.25) is 0 Å². The highest BCUT2D eigenvalue weighted by Gasteiger charge is 2.22. The lowest BCUT2D eigenvalue weighted by Crippen LogP contribution is -2.48. The molecule has 1 aliphatic heterocycles. The highest BCUT2D eigenvalue weighted by Crippen LogP contribution is 2.22. The van der Waals surface area contributed by atoms with Crippen molar-refractivity contribution in [3.8, 4) is 0 Å². The van der Waals surface area contributed by atoms with E-state index in [0.717, 1.165) is 12.2 Å². The molecule has 3 N–H and O–H groups in total. The fraction of sp³-hybridized carbons (Fsp3) is 0.438. The van der Waals surface area contributed by atoms with Crippen molar-refractivity contribution in [1.82, 2.24) is 5.32 Å². The Morgan fingerprint density at radius 1 is 1.46 bits per heavy atom. The molecular weight excluding hydrogens is 312 g/mol. The summed E-state index contributed by atoms with van der Waals surface area (Å²) in [7, 11) is 1.50. The molecule has 130 valence electrons. The van der Waals surface area contributed by atoms with Crippen LogP contribution in [0.1, 0.15) is 0 Å². The van der Waals surface area contributed by atoms with Crippen LogP contribution in [0, 0.1) is 0 Å². The molecule has 0 bridgehead atoms. The largest absolute Gasteiger partial charge is 0.378 e. The number of ether oxygens (including phenoxy) is 1. The molecule has 0 spiro atoms. The molecule has 0 aromatic heterocycles. The lowest BCUT2D eigenvalue weighted by molar-refractivity contribution is -0.129. The highest BCUT2D eigenvalue weighted by atomic mass is 16.5. The molecule has 1 saturated heterocycles. The van der Waals surface area contributed by atoms with E-state index >= 15 is 0 Å². The van der Waals surface area contributed by atoms with Gasteiger partial charge >= 0.3 is 0 Å². The Hall–Kier alpha value is -2.29. The average molecular weight is 334 g/mol. The van der Waals surface area contributed by atoms with Crippen LogP contribution in [0.15, 0.2) is 24.3 Å². The number of carbonyl (C=O) groups excluding carboxylic acids is 3. The molecule has 2 rings (SSSR count). The lowest BCUT2D eigenvalue weighted by atomic mass is 10.2. The maximum atomic E-state index is 11.9. The second-order valence-corrected chi connectivity index (χ2v) is 5.40. The first kappa shape index (κ1) is 18.1. The molecule has 0 radical (unpaired) electrons. The van der Waals surface area contributed by atoms with Gasteiger partial charge in [0.2, 0.25) is 12.2 Å². The van der Waals surface area contributed by atoms with E-state index in [-0.39, 0.29) is 31.4 Å². The van der Waals surface area contributed by atoms with Gasteiger partial charge in [-0.1, -0.05) is 0 Å². The van der Waals surface area contributed by atoms with E-state index < -0.39 is 5.91 Å². The summed E-state index contributed by atoms with van der Waals surface area (Å²) in [6, 6.07) is 6.92. The van der Waals surface area contributed by atoms with Crippen LogP contribution < -0.4 is 20.9 Å². The van der Waals surface area contributed by atoms with E-state index in [9.17, 15) is 14.4 Å². The summed E-state index contributed by atoms with van der Waals surface area (Å²) in [4.78, 5) is 37.7. The molecule has 1 heterocycles. The van der Waals surface area contributed by atoms with Crippen LogP contribution in [-0.4, -0.2) is 64.0 Å². The summed E-state index contributed by atoms with van der Waals surface area (Å²) >= 11 is 0. The Kier molecular flexibility index (Phi) is 6.42. The Labute approximate surface area is 140 Å². The van der Waals surface area contributed by atoms with Crippen molar-refractivity contribution in [2.24, 2.45) is 5.73 Å². The van der Waals surface area contributed by atoms with Crippen LogP contribution in [0.5, 0.6) is 0 Å². The van der Waals surface area contributed by atoms with Gasteiger partial charge in [-0.25, -0.2) is 0 Å². The van der Waals surface area contributed by atoms with E-state index in [2.05, 4.69) is 5.32 Å². The minimum atomic E-state index is -0.670. The van der Waals surface area contributed by atoms with Crippen molar-refractivity contribution in [1.29, 1.82) is 0 Å². The number of nitrogens with zero attached hydrogens (tertiary/aromatic N) is 2. The van der Waals surface area contributed by atoms with Crippen LogP contribution in [-0.2, 0) is 19.1 Å². The van der Waals surface area contributed by atoms with Crippen LogP contribution in [0.4, 0.5) is 11.4 Å². The molecule has 8 nitrogen and oxygen atoms in total. The van der Waals surface area contributed by atoms with E-state index in [4.69, 9.17) is 10.5 Å². The predicted molar refractivity (Wildman–Crippen MR) is 89.9 cm³/mol. The molecule has 2 amide bonds. The van der Waals surface area contributed by atoms with Crippen LogP contribution in [0.3, 0.4) is 0 Å². The minimum absolute atomic E-state index is 0.00240. The number of anilines is 2. The number of amides is 2.